The maximum atomic E-state index is 4.02. The summed E-state index contributed by atoms with van der Waals surface area (Å²) in [7, 11) is 0. The summed E-state index contributed by atoms with van der Waals surface area (Å²) in [5.41, 5.74) is 3.70. The Morgan fingerprint density at radius 3 is 2.64 bits per heavy atom. The Balaban J connectivity index is 2.49. The first kappa shape index (κ1) is 7.57. The van der Waals surface area contributed by atoms with Crippen molar-refractivity contribution in [1.29, 1.82) is 0 Å². The fourth-order valence-electron chi connectivity index (χ4n) is 2.03. The van der Waals surface area contributed by atoms with Crippen LogP contribution in [-0.4, -0.2) is 0 Å². The molecule has 0 unspecified atom stereocenters. The van der Waals surface area contributed by atoms with Gasteiger partial charge in [0.1, 0.15) is 0 Å². The van der Waals surface area contributed by atoms with Crippen molar-refractivity contribution in [3.8, 4) is 0 Å². The van der Waals surface area contributed by atoms with Gasteiger partial charge >= 0.3 is 0 Å². The molecule has 2 aromatic rings. The van der Waals surface area contributed by atoms with Crippen molar-refractivity contribution >= 4 is 22.4 Å². The minimum absolute atomic E-state index is 1.12. The molecule has 14 heavy (non-hydrogen) atoms. The number of hydrogen-bond donors (Lipinski definition) is 0. The van der Waals surface area contributed by atoms with E-state index in [4.69, 9.17) is 0 Å². The van der Waals surface area contributed by atoms with Gasteiger partial charge in [0.2, 0.25) is 0 Å². The zero-order chi connectivity index (χ0) is 9.54. The van der Waals surface area contributed by atoms with Crippen LogP contribution in [0.1, 0.15) is 11.1 Å². The molecule has 3 rings (SSSR count). The highest BCUT2D eigenvalue weighted by atomic mass is 14.1. The van der Waals surface area contributed by atoms with Crippen LogP contribution in [0.4, 0.5) is 0 Å². The standard InChI is InChI=1S/C14H10/c1-10-6-8-14-12(10)9-7-11-4-2-3-5-13(11)14/h2-9H,1H2. The van der Waals surface area contributed by atoms with Crippen molar-refractivity contribution < 1.29 is 0 Å². The molecule has 0 aliphatic heterocycles. The lowest BCUT2D eigenvalue weighted by molar-refractivity contribution is 1.67. The third kappa shape index (κ3) is 0.882. The first-order chi connectivity index (χ1) is 6.86. The largest absolute Gasteiger partial charge is 0.0911 e. The molecule has 0 heterocycles. The second kappa shape index (κ2) is 2.58. The highest BCUT2D eigenvalue weighted by molar-refractivity contribution is 6.01. The van der Waals surface area contributed by atoms with Crippen molar-refractivity contribution in [2.45, 2.75) is 0 Å². The second-order valence-electron chi connectivity index (χ2n) is 3.61. The van der Waals surface area contributed by atoms with E-state index in [2.05, 4.69) is 55.1 Å². The van der Waals surface area contributed by atoms with Crippen LogP contribution in [0.25, 0.3) is 22.4 Å². The molecule has 1 aliphatic carbocycles. The SMILES string of the molecule is C=C1C=Cc2c1ccc1ccccc21. The average Bonchev–Trinajstić information content (AvgIpc) is 2.61. The van der Waals surface area contributed by atoms with Gasteiger partial charge in [0.25, 0.3) is 0 Å². The van der Waals surface area contributed by atoms with Gasteiger partial charge in [0.15, 0.2) is 0 Å². The van der Waals surface area contributed by atoms with Gasteiger partial charge in [0.05, 0.1) is 0 Å². The Morgan fingerprint density at radius 1 is 0.857 bits per heavy atom. The first-order valence-electron chi connectivity index (χ1n) is 4.75. The molecule has 0 atom stereocenters. The molecule has 1 aliphatic rings. The van der Waals surface area contributed by atoms with E-state index in [0.29, 0.717) is 0 Å². The quantitative estimate of drug-likeness (QED) is 0.574. The summed E-state index contributed by atoms with van der Waals surface area (Å²) >= 11 is 0. The van der Waals surface area contributed by atoms with Gasteiger partial charge in [-0.15, -0.1) is 0 Å². The summed E-state index contributed by atoms with van der Waals surface area (Å²) in [6.45, 7) is 4.02. The fraction of sp³-hybridized carbons (Fsp3) is 0. The molecule has 0 spiro atoms. The van der Waals surface area contributed by atoms with E-state index in [-0.39, 0.29) is 0 Å². The van der Waals surface area contributed by atoms with Gasteiger partial charge in [-0.3, -0.25) is 0 Å². The zero-order valence-electron chi connectivity index (χ0n) is 7.83. The van der Waals surface area contributed by atoms with Crippen LogP contribution >= 0.6 is 0 Å². The predicted octanol–water partition coefficient (Wildman–Crippen LogP) is 3.88. The summed E-state index contributed by atoms with van der Waals surface area (Å²) in [6, 6.07) is 12.8. The van der Waals surface area contributed by atoms with E-state index in [1.165, 1.54) is 21.9 Å². The predicted molar refractivity (Wildman–Crippen MR) is 62.0 cm³/mol. The average molecular weight is 178 g/mol. The Morgan fingerprint density at radius 2 is 1.71 bits per heavy atom. The molecule has 0 saturated carbocycles. The van der Waals surface area contributed by atoms with Crippen molar-refractivity contribution in [2.24, 2.45) is 0 Å². The Hall–Kier alpha value is -1.82. The van der Waals surface area contributed by atoms with Crippen molar-refractivity contribution in [1.82, 2.24) is 0 Å². The minimum Gasteiger partial charge on any atom is -0.0911 e. The Bertz CT molecular complexity index is 559. The van der Waals surface area contributed by atoms with Crippen molar-refractivity contribution in [2.75, 3.05) is 0 Å². The van der Waals surface area contributed by atoms with Gasteiger partial charge in [-0.05, 0) is 27.5 Å². The van der Waals surface area contributed by atoms with Crippen LogP contribution in [0.2, 0.25) is 0 Å². The topological polar surface area (TPSA) is 0 Å². The summed E-state index contributed by atoms with van der Waals surface area (Å²) in [6.07, 6.45) is 4.23. The third-order valence-electron chi connectivity index (χ3n) is 2.77. The van der Waals surface area contributed by atoms with Crippen LogP contribution in [-0.2, 0) is 0 Å². The van der Waals surface area contributed by atoms with Crippen molar-refractivity contribution in [3.05, 3.63) is 60.2 Å². The van der Waals surface area contributed by atoms with Crippen LogP contribution in [0.15, 0.2) is 49.1 Å². The number of fused-ring (bicyclic) bond motifs is 3. The Kier molecular flexibility index (Phi) is 1.40. The van der Waals surface area contributed by atoms with E-state index in [1.54, 1.807) is 0 Å². The summed E-state index contributed by atoms with van der Waals surface area (Å²) in [5.74, 6) is 0. The Labute approximate surface area is 83.2 Å². The summed E-state index contributed by atoms with van der Waals surface area (Å²) < 4.78 is 0. The molecule has 0 bridgehead atoms. The smallest absolute Gasteiger partial charge is 0.00994 e. The highest BCUT2D eigenvalue weighted by Crippen LogP contribution is 2.33. The highest BCUT2D eigenvalue weighted by Gasteiger charge is 2.10. The van der Waals surface area contributed by atoms with Crippen LogP contribution in [0.3, 0.4) is 0 Å². The van der Waals surface area contributed by atoms with Crippen LogP contribution in [0.5, 0.6) is 0 Å². The molecule has 0 saturated heterocycles. The van der Waals surface area contributed by atoms with E-state index >= 15 is 0 Å². The van der Waals surface area contributed by atoms with E-state index in [9.17, 15) is 0 Å². The molecule has 0 radical (unpaired) electrons. The molecule has 0 aromatic heterocycles. The monoisotopic (exact) mass is 178 g/mol. The maximum absolute atomic E-state index is 4.02. The van der Waals surface area contributed by atoms with Gasteiger partial charge in [0, 0.05) is 0 Å². The molecular weight excluding hydrogens is 168 g/mol. The van der Waals surface area contributed by atoms with Gasteiger partial charge < -0.3 is 0 Å². The van der Waals surface area contributed by atoms with E-state index in [1.807, 2.05) is 0 Å². The molecule has 0 heteroatoms. The maximum Gasteiger partial charge on any atom is -0.00994 e. The van der Waals surface area contributed by atoms with E-state index in [0.717, 1.165) is 5.57 Å². The molecule has 0 fully saturated rings. The lowest BCUT2D eigenvalue weighted by Gasteiger charge is -2.04. The van der Waals surface area contributed by atoms with Crippen LogP contribution < -0.4 is 0 Å². The third-order valence-corrected chi connectivity index (χ3v) is 2.77. The molecular formula is C14H10. The first-order valence-corrected chi connectivity index (χ1v) is 4.75. The van der Waals surface area contributed by atoms with Gasteiger partial charge in [-0.25, -0.2) is 0 Å². The van der Waals surface area contributed by atoms with Crippen LogP contribution in [0, 0.1) is 0 Å². The molecule has 0 amide bonds. The lowest BCUT2D eigenvalue weighted by Crippen LogP contribution is -1.82. The molecule has 0 nitrogen and oxygen atoms in total. The number of hydrogen-bond acceptors (Lipinski definition) is 0. The second-order valence-corrected chi connectivity index (χ2v) is 3.61. The molecule has 0 N–H and O–H groups in total. The fourth-order valence-corrected chi connectivity index (χ4v) is 2.03. The number of allylic oxidation sites excluding steroid dienone is 2. The number of rotatable bonds is 0. The summed E-state index contributed by atoms with van der Waals surface area (Å²) in [5, 5.41) is 2.62. The summed E-state index contributed by atoms with van der Waals surface area (Å²) in [4.78, 5) is 0. The normalized spacial score (nSPS) is 13.6. The van der Waals surface area contributed by atoms with Gasteiger partial charge in [-0.1, -0.05) is 55.1 Å². The van der Waals surface area contributed by atoms with Gasteiger partial charge in [-0.2, -0.15) is 0 Å². The number of benzene rings is 2. The molecule has 2 aromatic carbocycles. The zero-order valence-corrected chi connectivity index (χ0v) is 7.83. The van der Waals surface area contributed by atoms with E-state index < -0.39 is 0 Å². The minimum atomic E-state index is 1.12. The molecule has 66 valence electrons. The lowest BCUT2D eigenvalue weighted by atomic mass is 10.00. The van der Waals surface area contributed by atoms with Crippen molar-refractivity contribution in [3.63, 3.8) is 0 Å².